The number of fused-ring (bicyclic) bond motifs is 1. The molecule has 1 aliphatic carbocycles. The monoisotopic (exact) mass is 518 g/mol. The number of nitrogens with one attached hydrogen (secondary N) is 2. The van der Waals surface area contributed by atoms with Gasteiger partial charge in [-0.15, -0.1) is 23.1 Å². The molecule has 188 valence electrons. The minimum atomic E-state index is -1.03. The van der Waals surface area contributed by atoms with Gasteiger partial charge in [0.15, 0.2) is 0 Å². The van der Waals surface area contributed by atoms with Gasteiger partial charge in [0.05, 0.1) is 23.8 Å². The summed E-state index contributed by atoms with van der Waals surface area (Å²) < 4.78 is 5.28. The van der Waals surface area contributed by atoms with Gasteiger partial charge in [-0.1, -0.05) is 13.0 Å². The van der Waals surface area contributed by atoms with E-state index in [4.69, 9.17) is 9.84 Å². The molecule has 8 nitrogen and oxygen atoms in total. The van der Waals surface area contributed by atoms with Gasteiger partial charge in [-0.25, -0.2) is 4.79 Å². The molecule has 0 bridgehead atoms. The number of amides is 2. The van der Waals surface area contributed by atoms with Crippen LogP contribution in [-0.2, 0) is 32.0 Å². The smallest absolute Gasteiger partial charge is 0.341 e. The van der Waals surface area contributed by atoms with Crippen molar-refractivity contribution in [3.8, 4) is 0 Å². The van der Waals surface area contributed by atoms with E-state index in [2.05, 4.69) is 17.6 Å². The minimum absolute atomic E-state index is 0.113. The Balaban J connectivity index is 1.68. The zero-order valence-electron chi connectivity index (χ0n) is 20.0. The molecule has 2 atom stereocenters. The zero-order valence-corrected chi connectivity index (χ0v) is 21.6. The van der Waals surface area contributed by atoms with Crippen molar-refractivity contribution < 1.29 is 29.0 Å². The van der Waals surface area contributed by atoms with E-state index < -0.39 is 17.2 Å². The highest BCUT2D eigenvalue weighted by Gasteiger charge is 2.30. The number of anilines is 2. The van der Waals surface area contributed by atoms with Crippen LogP contribution in [0.2, 0.25) is 0 Å². The third-order valence-corrected chi connectivity index (χ3v) is 7.86. The van der Waals surface area contributed by atoms with Crippen molar-refractivity contribution >= 4 is 57.5 Å². The summed E-state index contributed by atoms with van der Waals surface area (Å²) in [4.78, 5) is 50.2. The van der Waals surface area contributed by atoms with Crippen LogP contribution in [0.25, 0.3) is 0 Å². The summed E-state index contributed by atoms with van der Waals surface area (Å²) in [5.41, 5.74) is 2.01. The summed E-state index contributed by atoms with van der Waals surface area (Å²) in [6.45, 7) is 5.99. The number of aliphatic carboxylic acids is 1. The summed E-state index contributed by atoms with van der Waals surface area (Å²) >= 11 is 2.78. The number of carboxylic acids is 1. The molecule has 2 amide bonds. The van der Waals surface area contributed by atoms with Gasteiger partial charge in [0.1, 0.15) is 5.00 Å². The Kier molecular flexibility index (Phi) is 9.33. The zero-order chi connectivity index (χ0) is 25.5. The van der Waals surface area contributed by atoms with E-state index in [0.29, 0.717) is 22.2 Å². The number of carboxylic acid groups (broad SMARTS) is 1. The lowest BCUT2D eigenvalue weighted by Gasteiger charge is -2.18. The Morgan fingerprint density at radius 2 is 2.00 bits per heavy atom. The molecule has 0 fully saturated rings. The summed E-state index contributed by atoms with van der Waals surface area (Å²) in [6.07, 6.45) is 2.33. The Hall–Kier alpha value is -2.85. The number of thiophene rings is 1. The van der Waals surface area contributed by atoms with Crippen LogP contribution in [0.1, 0.15) is 60.8 Å². The van der Waals surface area contributed by atoms with E-state index in [0.717, 1.165) is 34.6 Å². The molecular formula is C25H30N2O6S2. The molecule has 10 heteroatoms. The molecular weight excluding hydrogens is 488 g/mol. The van der Waals surface area contributed by atoms with Crippen LogP contribution >= 0.6 is 23.1 Å². The lowest BCUT2D eigenvalue weighted by Crippen LogP contribution is -2.23. The first-order valence-electron chi connectivity index (χ1n) is 11.6. The first kappa shape index (κ1) is 26.7. The fourth-order valence-corrected chi connectivity index (χ4v) is 6.15. The largest absolute Gasteiger partial charge is 0.481 e. The van der Waals surface area contributed by atoms with Crippen LogP contribution in [-0.4, -0.2) is 40.7 Å². The number of ether oxygens (including phenoxy) is 1. The van der Waals surface area contributed by atoms with E-state index in [1.165, 1.54) is 23.1 Å². The molecule has 1 aliphatic rings. The van der Waals surface area contributed by atoms with E-state index in [1.54, 1.807) is 32.0 Å². The molecule has 2 unspecified atom stereocenters. The van der Waals surface area contributed by atoms with Crippen LogP contribution in [0.3, 0.4) is 0 Å². The molecule has 0 saturated heterocycles. The van der Waals surface area contributed by atoms with E-state index in [9.17, 15) is 19.2 Å². The second-order valence-electron chi connectivity index (χ2n) is 8.50. The maximum atomic E-state index is 13.0. The van der Waals surface area contributed by atoms with Crippen molar-refractivity contribution in [2.45, 2.75) is 63.0 Å². The molecule has 1 aromatic heterocycles. The molecule has 1 heterocycles. The highest BCUT2D eigenvalue weighted by molar-refractivity contribution is 8.00. The second-order valence-corrected chi connectivity index (χ2v) is 11.0. The SMILES string of the molecule is CCOC(=O)c1c(NC(=O)C(C)Sc2cccc(NC(=O)CCC(=O)O)c2)sc2c1CCC(C)C2. The van der Waals surface area contributed by atoms with Gasteiger partial charge in [0.2, 0.25) is 11.8 Å². The van der Waals surface area contributed by atoms with E-state index >= 15 is 0 Å². The molecule has 0 radical (unpaired) electrons. The van der Waals surface area contributed by atoms with Crippen molar-refractivity contribution in [2.75, 3.05) is 17.2 Å². The Morgan fingerprint density at radius 1 is 1.23 bits per heavy atom. The third-order valence-electron chi connectivity index (χ3n) is 5.59. The van der Waals surface area contributed by atoms with Crippen molar-refractivity contribution in [3.63, 3.8) is 0 Å². The van der Waals surface area contributed by atoms with Gasteiger partial charge in [-0.05, 0) is 62.8 Å². The van der Waals surface area contributed by atoms with Crippen LogP contribution in [0.4, 0.5) is 10.7 Å². The fraction of sp³-hybridized carbons (Fsp3) is 0.440. The molecule has 0 spiro atoms. The summed E-state index contributed by atoms with van der Waals surface area (Å²) in [5.74, 6) is -1.52. The van der Waals surface area contributed by atoms with Gasteiger partial charge < -0.3 is 20.5 Å². The number of hydrogen-bond acceptors (Lipinski definition) is 7. The number of benzene rings is 1. The first-order chi connectivity index (χ1) is 16.7. The molecule has 1 aromatic carbocycles. The number of carbonyl (C=O) groups is 4. The number of hydrogen-bond donors (Lipinski definition) is 3. The van der Waals surface area contributed by atoms with Gasteiger partial charge >= 0.3 is 11.9 Å². The van der Waals surface area contributed by atoms with Gasteiger partial charge in [-0.3, -0.25) is 14.4 Å². The lowest BCUT2D eigenvalue weighted by atomic mass is 9.88. The van der Waals surface area contributed by atoms with Crippen LogP contribution in [0.15, 0.2) is 29.2 Å². The Labute approximate surface area is 212 Å². The number of thioether (sulfide) groups is 1. The van der Waals surface area contributed by atoms with Crippen LogP contribution in [0, 0.1) is 5.92 Å². The standard InChI is InChI=1S/C25H30N2O6S2/c1-4-33-25(32)22-18-9-8-14(2)12-19(18)35-24(22)27-23(31)15(3)34-17-7-5-6-16(13-17)26-20(28)10-11-21(29)30/h5-7,13-15H,4,8-12H2,1-3H3,(H,26,28)(H,27,31)(H,29,30). The maximum absolute atomic E-state index is 13.0. The van der Waals surface area contributed by atoms with Crippen LogP contribution in [0.5, 0.6) is 0 Å². The highest BCUT2D eigenvalue weighted by Crippen LogP contribution is 2.40. The van der Waals surface area contributed by atoms with Crippen molar-refractivity contribution in [2.24, 2.45) is 5.92 Å². The van der Waals surface area contributed by atoms with Crippen molar-refractivity contribution in [1.82, 2.24) is 0 Å². The normalized spacial score (nSPS) is 15.6. The highest BCUT2D eigenvalue weighted by atomic mass is 32.2. The van der Waals surface area contributed by atoms with Crippen molar-refractivity contribution in [3.05, 3.63) is 40.3 Å². The molecule has 0 saturated carbocycles. The lowest BCUT2D eigenvalue weighted by molar-refractivity contribution is -0.138. The second kappa shape index (κ2) is 12.2. The average Bonchev–Trinajstić information content (AvgIpc) is 3.14. The van der Waals surface area contributed by atoms with E-state index in [1.807, 2.05) is 6.07 Å². The Bertz CT molecular complexity index is 1110. The molecule has 2 aromatic rings. The average molecular weight is 519 g/mol. The number of carbonyl (C=O) groups excluding carboxylic acids is 3. The summed E-state index contributed by atoms with van der Waals surface area (Å²) in [5, 5.41) is 14.4. The molecule has 0 aliphatic heterocycles. The van der Waals surface area contributed by atoms with Gasteiger partial charge in [0.25, 0.3) is 0 Å². The third kappa shape index (κ3) is 7.32. The fourth-order valence-electron chi connectivity index (χ4n) is 3.82. The van der Waals surface area contributed by atoms with Gasteiger partial charge in [0, 0.05) is 21.9 Å². The predicted molar refractivity (Wildman–Crippen MR) is 137 cm³/mol. The topological polar surface area (TPSA) is 122 Å². The van der Waals surface area contributed by atoms with Crippen LogP contribution < -0.4 is 10.6 Å². The minimum Gasteiger partial charge on any atom is -0.481 e. The molecule has 3 N–H and O–H groups in total. The number of esters is 1. The molecule has 3 rings (SSSR count). The van der Waals surface area contributed by atoms with Crippen molar-refractivity contribution in [1.29, 1.82) is 0 Å². The number of rotatable bonds is 10. The molecule has 35 heavy (non-hydrogen) atoms. The first-order valence-corrected chi connectivity index (χ1v) is 13.3. The summed E-state index contributed by atoms with van der Waals surface area (Å²) in [6, 6.07) is 7.03. The predicted octanol–water partition coefficient (Wildman–Crippen LogP) is 4.97. The quantitative estimate of drug-likeness (QED) is 0.300. The summed E-state index contributed by atoms with van der Waals surface area (Å²) in [7, 11) is 0. The van der Waals surface area contributed by atoms with Gasteiger partial charge in [-0.2, -0.15) is 0 Å². The Morgan fingerprint density at radius 3 is 2.71 bits per heavy atom. The maximum Gasteiger partial charge on any atom is 0.341 e. The van der Waals surface area contributed by atoms with E-state index in [-0.39, 0.29) is 31.3 Å².